The van der Waals surface area contributed by atoms with Crippen molar-refractivity contribution in [2.45, 2.75) is 33.2 Å². The topological polar surface area (TPSA) is 52.7 Å². The SMILES string of the molecule is CC(C)(C)CC(=O)N1CSCC1C(=O)N1C[C@H]2CNC[C@H]2C1. The first-order valence-corrected chi connectivity index (χ1v) is 9.37. The van der Waals surface area contributed by atoms with Crippen molar-refractivity contribution < 1.29 is 9.59 Å². The molecule has 3 heterocycles. The van der Waals surface area contributed by atoms with Gasteiger partial charge in [0.2, 0.25) is 11.8 Å². The number of hydrogen-bond acceptors (Lipinski definition) is 4. The van der Waals surface area contributed by atoms with E-state index < -0.39 is 0 Å². The van der Waals surface area contributed by atoms with Gasteiger partial charge in [0.1, 0.15) is 6.04 Å². The van der Waals surface area contributed by atoms with E-state index in [4.69, 9.17) is 0 Å². The second-order valence-electron chi connectivity index (χ2n) is 8.04. The summed E-state index contributed by atoms with van der Waals surface area (Å²) in [5.74, 6) is 2.92. The number of nitrogens with one attached hydrogen (secondary N) is 1. The smallest absolute Gasteiger partial charge is 0.246 e. The minimum absolute atomic E-state index is 0.0335. The third-order valence-corrected chi connectivity index (χ3v) is 5.88. The second-order valence-corrected chi connectivity index (χ2v) is 9.04. The molecule has 1 N–H and O–H groups in total. The van der Waals surface area contributed by atoms with E-state index in [1.165, 1.54) is 0 Å². The van der Waals surface area contributed by atoms with E-state index in [2.05, 4.69) is 26.1 Å². The van der Waals surface area contributed by atoms with Crippen LogP contribution in [0.25, 0.3) is 0 Å². The van der Waals surface area contributed by atoms with Crippen molar-refractivity contribution in [3.8, 4) is 0 Å². The zero-order chi connectivity index (χ0) is 15.9. The number of rotatable bonds is 2. The molecule has 5 nitrogen and oxygen atoms in total. The van der Waals surface area contributed by atoms with E-state index in [1.54, 1.807) is 11.8 Å². The zero-order valence-electron chi connectivity index (χ0n) is 13.8. The summed E-state index contributed by atoms with van der Waals surface area (Å²) < 4.78 is 0. The van der Waals surface area contributed by atoms with Gasteiger partial charge in [0.25, 0.3) is 0 Å². The quantitative estimate of drug-likeness (QED) is 0.823. The Labute approximate surface area is 137 Å². The van der Waals surface area contributed by atoms with Gasteiger partial charge in [-0.25, -0.2) is 0 Å². The number of likely N-dealkylation sites (tertiary alicyclic amines) is 1. The maximum atomic E-state index is 12.9. The molecule has 0 aromatic rings. The van der Waals surface area contributed by atoms with Gasteiger partial charge in [-0.1, -0.05) is 20.8 Å². The van der Waals surface area contributed by atoms with Crippen LogP contribution in [-0.2, 0) is 9.59 Å². The van der Waals surface area contributed by atoms with Gasteiger partial charge >= 0.3 is 0 Å². The van der Waals surface area contributed by atoms with Crippen LogP contribution in [0.1, 0.15) is 27.2 Å². The van der Waals surface area contributed by atoms with Crippen LogP contribution < -0.4 is 5.32 Å². The molecule has 0 spiro atoms. The highest BCUT2D eigenvalue weighted by Crippen LogP contribution is 2.31. The van der Waals surface area contributed by atoms with E-state index >= 15 is 0 Å². The second kappa shape index (κ2) is 6.04. The molecule has 0 bridgehead atoms. The van der Waals surface area contributed by atoms with Gasteiger partial charge in [-0.15, -0.1) is 11.8 Å². The summed E-state index contributed by atoms with van der Waals surface area (Å²) in [6, 6.07) is -0.244. The molecule has 0 saturated carbocycles. The first-order chi connectivity index (χ1) is 10.3. The van der Waals surface area contributed by atoms with E-state index in [-0.39, 0.29) is 23.3 Å². The molecule has 3 rings (SSSR count). The van der Waals surface area contributed by atoms with Crippen molar-refractivity contribution in [1.82, 2.24) is 15.1 Å². The molecule has 0 radical (unpaired) electrons. The summed E-state index contributed by atoms with van der Waals surface area (Å²) in [6.45, 7) is 9.98. The van der Waals surface area contributed by atoms with Crippen LogP contribution >= 0.6 is 11.8 Å². The highest BCUT2D eigenvalue weighted by Gasteiger charge is 2.43. The van der Waals surface area contributed by atoms with Gasteiger partial charge in [-0.3, -0.25) is 9.59 Å². The lowest BCUT2D eigenvalue weighted by atomic mass is 9.91. The molecular weight excluding hydrogens is 298 g/mol. The van der Waals surface area contributed by atoms with Gasteiger partial charge in [0, 0.05) is 38.4 Å². The molecule has 6 heteroatoms. The average Bonchev–Trinajstić information content (AvgIpc) is 3.10. The summed E-state index contributed by atoms with van der Waals surface area (Å²) in [4.78, 5) is 29.2. The van der Waals surface area contributed by atoms with Crippen LogP contribution in [-0.4, -0.2) is 65.5 Å². The molecular formula is C16H27N3O2S. The molecule has 0 aromatic carbocycles. The van der Waals surface area contributed by atoms with Crippen LogP contribution in [0, 0.1) is 17.3 Å². The average molecular weight is 325 g/mol. The van der Waals surface area contributed by atoms with Crippen molar-refractivity contribution in [2.75, 3.05) is 37.8 Å². The minimum atomic E-state index is -0.244. The maximum absolute atomic E-state index is 12.9. The third-order valence-electron chi connectivity index (χ3n) is 4.87. The summed E-state index contributed by atoms with van der Waals surface area (Å²) in [7, 11) is 0. The fraction of sp³-hybridized carbons (Fsp3) is 0.875. The van der Waals surface area contributed by atoms with Gasteiger partial charge in [0.15, 0.2) is 0 Å². The number of thioether (sulfide) groups is 1. The van der Waals surface area contributed by atoms with Gasteiger partial charge < -0.3 is 15.1 Å². The Balaban J connectivity index is 1.63. The summed E-state index contributed by atoms with van der Waals surface area (Å²) in [5.41, 5.74) is -0.0335. The van der Waals surface area contributed by atoms with Gasteiger partial charge in [-0.05, 0) is 17.3 Å². The Morgan fingerprint density at radius 3 is 2.41 bits per heavy atom. The fourth-order valence-electron chi connectivity index (χ4n) is 3.69. The largest absolute Gasteiger partial charge is 0.340 e. The predicted molar refractivity (Wildman–Crippen MR) is 88.5 cm³/mol. The maximum Gasteiger partial charge on any atom is 0.246 e. The Morgan fingerprint density at radius 2 is 1.82 bits per heavy atom. The highest BCUT2D eigenvalue weighted by atomic mass is 32.2. The zero-order valence-corrected chi connectivity index (χ0v) is 14.6. The number of fused-ring (bicyclic) bond motifs is 1. The van der Waals surface area contributed by atoms with Crippen LogP contribution in [0.5, 0.6) is 0 Å². The van der Waals surface area contributed by atoms with Crippen LogP contribution in [0.3, 0.4) is 0 Å². The normalized spacial score (nSPS) is 31.7. The Kier molecular flexibility index (Phi) is 4.42. The number of amides is 2. The number of nitrogens with zero attached hydrogens (tertiary/aromatic N) is 2. The number of carbonyl (C=O) groups excluding carboxylic acids is 2. The van der Waals surface area contributed by atoms with E-state index in [0.717, 1.165) is 31.9 Å². The lowest BCUT2D eigenvalue weighted by molar-refractivity contribution is -0.143. The monoisotopic (exact) mass is 325 g/mol. The standard InChI is InChI=1S/C16H27N3O2S/c1-16(2,3)4-14(20)19-10-22-9-13(19)15(21)18-7-11-5-17-6-12(11)8-18/h11-13,17H,4-10H2,1-3H3/t11-,12+,13?. The van der Waals surface area contributed by atoms with E-state index in [0.29, 0.717) is 24.1 Å². The summed E-state index contributed by atoms with van der Waals surface area (Å²) in [6.07, 6.45) is 0.506. The Hall–Kier alpha value is -0.750. The van der Waals surface area contributed by atoms with Crippen molar-refractivity contribution in [1.29, 1.82) is 0 Å². The molecule has 124 valence electrons. The van der Waals surface area contributed by atoms with Crippen molar-refractivity contribution in [3.63, 3.8) is 0 Å². The molecule has 22 heavy (non-hydrogen) atoms. The molecule has 2 amide bonds. The number of carbonyl (C=O) groups is 2. The Bertz CT molecular complexity index is 451. The number of hydrogen-bond donors (Lipinski definition) is 1. The minimum Gasteiger partial charge on any atom is -0.340 e. The lowest BCUT2D eigenvalue weighted by Crippen LogP contribution is -2.49. The predicted octanol–water partition coefficient (Wildman–Crippen LogP) is 1.00. The van der Waals surface area contributed by atoms with E-state index in [9.17, 15) is 9.59 Å². The van der Waals surface area contributed by atoms with Crippen molar-refractivity contribution >= 4 is 23.6 Å². The first-order valence-electron chi connectivity index (χ1n) is 8.22. The van der Waals surface area contributed by atoms with Gasteiger partial charge in [-0.2, -0.15) is 0 Å². The highest BCUT2D eigenvalue weighted by molar-refractivity contribution is 7.99. The Morgan fingerprint density at radius 1 is 1.18 bits per heavy atom. The molecule has 0 aromatic heterocycles. The molecule has 1 unspecified atom stereocenters. The van der Waals surface area contributed by atoms with Crippen molar-refractivity contribution in [2.24, 2.45) is 17.3 Å². The molecule has 3 fully saturated rings. The summed E-state index contributed by atoms with van der Waals surface area (Å²) >= 11 is 1.70. The van der Waals surface area contributed by atoms with Crippen LogP contribution in [0.4, 0.5) is 0 Å². The molecule has 3 aliphatic rings. The lowest BCUT2D eigenvalue weighted by Gasteiger charge is -2.29. The summed E-state index contributed by atoms with van der Waals surface area (Å²) in [5, 5.41) is 3.40. The molecule has 3 aliphatic heterocycles. The molecule has 3 atom stereocenters. The first kappa shape index (κ1) is 16.1. The van der Waals surface area contributed by atoms with Crippen LogP contribution in [0.15, 0.2) is 0 Å². The van der Waals surface area contributed by atoms with Gasteiger partial charge in [0.05, 0.1) is 5.88 Å². The fourth-order valence-corrected chi connectivity index (χ4v) is 4.87. The third kappa shape index (κ3) is 3.27. The van der Waals surface area contributed by atoms with Crippen molar-refractivity contribution in [3.05, 3.63) is 0 Å². The molecule has 0 aliphatic carbocycles. The molecule has 3 saturated heterocycles. The van der Waals surface area contributed by atoms with Crippen LogP contribution in [0.2, 0.25) is 0 Å². The van der Waals surface area contributed by atoms with E-state index in [1.807, 2.05) is 9.80 Å².